The predicted octanol–water partition coefficient (Wildman–Crippen LogP) is 2.56. The van der Waals surface area contributed by atoms with E-state index in [-0.39, 0.29) is 17.5 Å². The lowest BCUT2D eigenvalue weighted by Gasteiger charge is -2.05. The second kappa shape index (κ2) is 7.56. The largest absolute Gasteiger partial charge is 0.355 e. The molecule has 24 heavy (non-hydrogen) atoms. The molecule has 0 atom stereocenters. The smallest absolute Gasteiger partial charge is 0.273 e. The molecule has 7 heteroatoms. The number of carbonyl (C=O) groups excluding carboxylic acids is 2. The summed E-state index contributed by atoms with van der Waals surface area (Å²) in [4.78, 5) is 24.8. The van der Waals surface area contributed by atoms with Crippen molar-refractivity contribution < 1.29 is 14.1 Å². The van der Waals surface area contributed by atoms with E-state index in [1.807, 2.05) is 23.6 Å². The van der Waals surface area contributed by atoms with E-state index >= 15 is 0 Å². The van der Waals surface area contributed by atoms with Crippen LogP contribution in [0.25, 0.3) is 10.6 Å². The molecule has 0 bridgehead atoms. The maximum Gasteiger partial charge on any atom is 0.273 e. The molecule has 2 aromatic heterocycles. The number of rotatable bonds is 6. The van der Waals surface area contributed by atoms with Gasteiger partial charge in [0.15, 0.2) is 11.5 Å². The number of thiophene rings is 1. The second-order valence-electron chi connectivity index (χ2n) is 4.93. The van der Waals surface area contributed by atoms with E-state index in [0.29, 0.717) is 24.4 Å². The molecule has 0 saturated heterocycles. The van der Waals surface area contributed by atoms with E-state index in [0.717, 1.165) is 4.88 Å². The Hall–Kier alpha value is -2.93. The zero-order chi connectivity index (χ0) is 16.8. The molecular formula is C17H15N3O3S. The van der Waals surface area contributed by atoms with Gasteiger partial charge in [0.25, 0.3) is 11.8 Å². The van der Waals surface area contributed by atoms with Crippen molar-refractivity contribution in [3.05, 3.63) is 65.2 Å². The summed E-state index contributed by atoms with van der Waals surface area (Å²) in [6.45, 7) is 0.633. The first-order valence-electron chi connectivity index (χ1n) is 7.36. The fraction of sp³-hybridized carbons (Fsp3) is 0.118. The average Bonchev–Trinajstić information content (AvgIpc) is 3.30. The first-order chi connectivity index (χ1) is 11.7. The Labute approximate surface area is 142 Å². The van der Waals surface area contributed by atoms with Crippen molar-refractivity contribution >= 4 is 23.2 Å². The van der Waals surface area contributed by atoms with Gasteiger partial charge in [-0.1, -0.05) is 29.4 Å². The van der Waals surface area contributed by atoms with Crippen LogP contribution in [-0.2, 0) is 0 Å². The molecule has 3 aromatic rings. The van der Waals surface area contributed by atoms with Crippen LogP contribution in [0.1, 0.15) is 20.8 Å². The topological polar surface area (TPSA) is 84.2 Å². The lowest BCUT2D eigenvalue weighted by Crippen LogP contribution is -2.34. The average molecular weight is 341 g/mol. The molecule has 1 aromatic carbocycles. The number of nitrogens with zero attached hydrogens (tertiary/aromatic N) is 1. The number of hydrogen-bond acceptors (Lipinski definition) is 5. The maximum atomic E-state index is 12.0. The van der Waals surface area contributed by atoms with Gasteiger partial charge in [-0.05, 0) is 23.6 Å². The highest BCUT2D eigenvalue weighted by molar-refractivity contribution is 7.13. The molecular weight excluding hydrogens is 326 g/mol. The first kappa shape index (κ1) is 15.9. The van der Waals surface area contributed by atoms with E-state index < -0.39 is 0 Å². The van der Waals surface area contributed by atoms with Crippen LogP contribution in [0.3, 0.4) is 0 Å². The second-order valence-corrected chi connectivity index (χ2v) is 5.88. The number of amides is 2. The van der Waals surface area contributed by atoms with E-state index in [9.17, 15) is 9.59 Å². The fourth-order valence-corrected chi connectivity index (χ4v) is 2.72. The third kappa shape index (κ3) is 3.88. The van der Waals surface area contributed by atoms with Crippen molar-refractivity contribution in [2.45, 2.75) is 0 Å². The minimum absolute atomic E-state index is 0.175. The molecule has 0 aliphatic rings. The van der Waals surface area contributed by atoms with Crippen LogP contribution in [0.4, 0.5) is 0 Å². The number of nitrogens with one attached hydrogen (secondary N) is 2. The molecule has 0 fully saturated rings. The van der Waals surface area contributed by atoms with Crippen molar-refractivity contribution in [2.24, 2.45) is 0 Å². The first-order valence-corrected chi connectivity index (χ1v) is 8.24. The van der Waals surface area contributed by atoms with Crippen molar-refractivity contribution in [1.82, 2.24) is 15.8 Å². The summed E-state index contributed by atoms with van der Waals surface area (Å²) >= 11 is 1.51. The molecule has 2 heterocycles. The van der Waals surface area contributed by atoms with Gasteiger partial charge in [-0.3, -0.25) is 9.59 Å². The Morgan fingerprint density at radius 1 is 1.00 bits per heavy atom. The Balaban J connectivity index is 1.45. The highest BCUT2D eigenvalue weighted by atomic mass is 32.1. The lowest BCUT2D eigenvalue weighted by atomic mass is 10.2. The summed E-state index contributed by atoms with van der Waals surface area (Å²) in [5.74, 6) is 0.0503. The molecule has 0 aliphatic heterocycles. The van der Waals surface area contributed by atoms with Crippen molar-refractivity contribution in [1.29, 1.82) is 0 Å². The molecule has 0 spiro atoms. The SMILES string of the molecule is O=C(NCCNC(=O)c1cc(-c2cccs2)on1)c1ccccc1. The van der Waals surface area contributed by atoms with Crippen LogP contribution in [0, 0.1) is 0 Å². The van der Waals surface area contributed by atoms with Crippen LogP contribution in [0.5, 0.6) is 0 Å². The van der Waals surface area contributed by atoms with Gasteiger partial charge in [0.1, 0.15) is 0 Å². The Bertz CT molecular complexity index is 813. The summed E-state index contributed by atoms with van der Waals surface area (Å²) in [5.41, 5.74) is 0.800. The zero-order valence-electron chi connectivity index (χ0n) is 12.7. The normalized spacial score (nSPS) is 10.3. The molecule has 6 nitrogen and oxygen atoms in total. The van der Waals surface area contributed by atoms with Crippen LogP contribution < -0.4 is 10.6 Å². The highest BCUT2D eigenvalue weighted by Crippen LogP contribution is 2.24. The van der Waals surface area contributed by atoms with Crippen molar-refractivity contribution in [3.8, 4) is 10.6 Å². The summed E-state index contributed by atoms with van der Waals surface area (Å²) in [6.07, 6.45) is 0. The molecule has 0 radical (unpaired) electrons. The molecule has 3 rings (SSSR count). The number of carbonyl (C=O) groups is 2. The quantitative estimate of drug-likeness (QED) is 0.675. The van der Waals surface area contributed by atoms with Crippen LogP contribution in [0.2, 0.25) is 0 Å². The third-order valence-corrected chi connectivity index (χ3v) is 4.12. The van der Waals surface area contributed by atoms with Gasteiger partial charge in [-0.15, -0.1) is 11.3 Å². The minimum atomic E-state index is -0.337. The van der Waals surface area contributed by atoms with Gasteiger partial charge in [-0.2, -0.15) is 0 Å². The molecule has 2 N–H and O–H groups in total. The van der Waals surface area contributed by atoms with Crippen LogP contribution in [-0.4, -0.2) is 30.1 Å². The Kier molecular flexibility index (Phi) is 5.02. The molecule has 0 unspecified atom stereocenters. The lowest BCUT2D eigenvalue weighted by molar-refractivity contribution is 0.0922. The standard InChI is InChI=1S/C17H15N3O3S/c21-16(12-5-2-1-3-6-12)18-8-9-19-17(22)13-11-14(23-20-13)15-7-4-10-24-15/h1-7,10-11H,8-9H2,(H,18,21)(H,19,22). The molecule has 122 valence electrons. The molecule has 2 amide bonds. The number of benzene rings is 1. The zero-order valence-corrected chi connectivity index (χ0v) is 13.5. The van der Waals surface area contributed by atoms with Crippen molar-refractivity contribution in [3.63, 3.8) is 0 Å². The highest BCUT2D eigenvalue weighted by Gasteiger charge is 2.13. The van der Waals surface area contributed by atoms with E-state index in [2.05, 4.69) is 15.8 Å². The summed E-state index contributed by atoms with van der Waals surface area (Å²) in [7, 11) is 0. The number of aromatic nitrogens is 1. The number of hydrogen-bond donors (Lipinski definition) is 2. The summed E-state index contributed by atoms with van der Waals surface area (Å²) < 4.78 is 5.16. The van der Waals surface area contributed by atoms with Gasteiger partial charge in [0.2, 0.25) is 0 Å². The van der Waals surface area contributed by atoms with E-state index in [1.165, 1.54) is 11.3 Å². The maximum absolute atomic E-state index is 12.0. The Morgan fingerprint density at radius 2 is 1.75 bits per heavy atom. The van der Waals surface area contributed by atoms with Crippen molar-refractivity contribution in [2.75, 3.05) is 13.1 Å². The Morgan fingerprint density at radius 3 is 2.46 bits per heavy atom. The summed E-state index contributed by atoms with van der Waals surface area (Å²) in [5, 5.41) is 11.1. The van der Waals surface area contributed by atoms with Crippen LogP contribution >= 0.6 is 11.3 Å². The third-order valence-electron chi connectivity index (χ3n) is 3.24. The van der Waals surface area contributed by atoms with Gasteiger partial charge in [0.05, 0.1) is 4.88 Å². The van der Waals surface area contributed by atoms with Gasteiger partial charge in [0, 0.05) is 24.7 Å². The fourth-order valence-electron chi connectivity index (χ4n) is 2.05. The minimum Gasteiger partial charge on any atom is -0.355 e. The monoisotopic (exact) mass is 341 g/mol. The summed E-state index contributed by atoms with van der Waals surface area (Å²) in [6, 6.07) is 14.3. The van der Waals surface area contributed by atoms with Gasteiger partial charge in [-0.25, -0.2) is 0 Å². The predicted molar refractivity (Wildman–Crippen MR) is 90.9 cm³/mol. The van der Waals surface area contributed by atoms with E-state index in [1.54, 1.807) is 30.3 Å². The molecule has 0 aliphatic carbocycles. The van der Waals surface area contributed by atoms with Crippen LogP contribution in [0.15, 0.2) is 58.4 Å². The van der Waals surface area contributed by atoms with Gasteiger partial charge >= 0.3 is 0 Å². The molecule has 0 saturated carbocycles. The van der Waals surface area contributed by atoms with E-state index in [4.69, 9.17) is 4.52 Å². The van der Waals surface area contributed by atoms with Gasteiger partial charge < -0.3 is 15.2 Å².